The summed E-state index contributed by atoms with van der Waals surface area (Å²) in [5.41, 5.74) is 5.05. The van der Waals surface area contributed by atoms with Gasteiger partial charge in [-0.15, -0.1) is 5.10 Å². The van der Waals surface area contributed by atoms with E-state index in [2.05, 4.69) is 46.4 Å². The van der Waals surface area contributed by atoms with E-state index in [-0.39, 0.29) is 0 Å². The highest BCUT2D eigenvalue weighted by Gasteiger charge is 2.15. The number of fused-ring (bicyclic) bond motifs is 3. The van der Waals surface area contributed by atoms with Crippen LogP contribution in [0.3, 0.4) is 0 Å². The lowest BCUT2D eigenvalue weighted by molar-refractivity contribution is 0.858. The van der Waals surface area contributed by atoms with Crippen LogP contribution in [0.1, 0.15) is 23.9 Å². The third kappa shape index (κ3) is 2.66. The molecule has 0 unspecified atom stereocenters. The molecule has 5 aromatic rings. The summed E-state index contributed by atoms with van der Waals surface area (Å²) in [6.07, 6.45) is 5.17. The van der Waals surface area contributed by atoms with E-state index in [4.69, 9.17) is 4.98 Å². The Balaban J connectivity index is 1.63. The van der Waals surface area contributed by atoms with Gasteiger partial charge in [-0.05, 0) is 23.6 Å². The SMILES string of the molecule is CCc1ccccc1-n1ncc2c1ncn1nc(Cc3ccccc3)nc21. The number of benzene rings is 2. The first-order valence-corrected chi connectivity index (χ1v) is 9.03. The fourth-order valence-electron chi connectivity index (χ4n) is 3.41. The second kappa shape index (κ2) is 6.32. The van der Waals surface area contributed by atoms with Crippen LogP contribution in [0.4, 0.5) is 0 Å². The molecule has 3 aromatic heterocycles. The minimum Gasteiger partial charge on any atom is -0.216 e. The third-order valence-corrected chi connectivity index (χ3v) is 4.76. The van der Waals surface area contributed by atoms with E-state index in [0.717, 1.165) is 34.6 Å². The van der Waals surface area contributed by atoms with Crippen LogP contribution in [-0.2, 0) is 12.8 Å². The highest BCUT2D eigenvalue weighted by molar-refractivity contribution is 5.89. The Hall–Kier alpha value is -3.54. The second-order valence-corrected chi connectivity index (χ2v) is 6.48. The maximum atomic E-state index is 4.74. The van der Waals surface area contributed by atoms with Gasteiger partial charge in [0.05, 0.1) is 17.3 Å². The van der Waals surface area contributed by atoms with Crippen molar-refractivity contribution in [3.05, 3.63) is 84.1 Å². The summed E-state index contributed by atoms with van der Waals surface area (Å²) in [7, 11) is 0. The second-order valence-electron chi connectivity index (χ2n) is 6.48. The standard InChI is InChI=1S/C21H18N6/c1-2-16-10-6-7-11-18(16)27-20-17(13-23-27)21-24-19(25-26(21)14-22-20)12-15-8-4-3-5-9-15/h3-11,13-14H,2,12H2,1H3. The van der Waals surface area contributed by atoms with Gasteiger partial charge >= 0.3 is 0 Å². The first kappa shape index (κ1) is 15.7. The Morgan fingerprint density at radius 2 is 1.74 bits per heavy atom. The van der Waals surface area contributed by atoms with E-state index in [9.17, 15) is 0 Å². The number of para-hydroxylation sites is 1. The van der Waals surface area contributed by atoms with E-state index in [1.807, 2.05) is 41.2 Å². The maximum absolute atomic E-state index is 4.74. The number of hydrogen-bond donors (Lipinski definition) is 0. The summed E-state index contributed by atoms with van der Waals surface area (Å²) in [6.45, 7) is 2.14. The Morgan fingerprint density at radius 1 is 0.926 bits per heavy atom. The van der Waals surface area contributed by atoms with Gasteiger partial charge in [-0.2, -0.15) is 5.10 Å². The highest BCUT2D eigenvalue weighted by Crippen LogP contribution is 2.22. The lowest BCUT2D eigenvalue weighted by Crippen LogP contribution is -2.02. The molecular formula is C21H18N6. The predicted octanol–water partition coefficient (Wildman–Crippen LogP) is 3.62. The monoisotopic (exact) mass is 354 g/mol. The van der Waals surface area contributed by atoms with Crippen molar-refractivity contribution in [2.75, 3.05) is 0 Å². The van der Waals surface area contributed by atoms with Crippen LogP contribution in [0, 0.1) is 0 Å². The lowest BCUT2D eigenvalue weighted by atomic mass is 10.1. The normalized spacial score (nSPS) is 11.4. The van der Waals surface area contributed by atoms with Crippen LogP contribution in [-0.4, -0.2) is 29.4 Å². The first-order chi connectivity index (χ1) is 13.3. The molecule has 0 aliphatic rings. The van der Waals surface area contributed by atoms with Crippen molar-refractivity contribution in [1.82, 2.24) is 29.4 Å². The Kier molecular flexibility index (Phi) is 3.67. The molecule has 132 valence electrons. The van der Waals surface area contributed by atoms with Crippen molar-refractivity contribution in [3.63, 3.8) is 0 Å². The largest absolute Gasteiger partial charge is 0.216 e. The van der Waals surface area contributed by atoms with E-state index in [0.29, 0.717) is 6.42 Å². The van der Waals surface area contributed by atoms with Crippen molar-refractivity contribution in [2.45, 2.75) is 19.8 Å². The molecule has 2 aromatic carbocycles. The Morgan fingerprint density at radius 3 is 2.59 bits per heavy atom. The lowest BCUT2D eigenvalue weighted by Gasteiger charge is -2.08. The molecule has 0 aliphatic carbocycles. The topological polar surface area (TPSA) is 60.9 Å². The fraction of sp³-hybridized carbons (Fsp3) is 0.143. The zero-order valence-electron chi connectivity index (χ0n) is 14.9. The summed E-state index contributed by atoms with van der Waals surface area (Å²) in [6, 6.07) is 18.5. The molecule has 5 rings (SSSR count). The third-order valence-electron chi connectivity index (χ3n) is 4.76. The summed E-state index contributed by atoms with van der Waals surface area (Å²) in [4.78, 5) is 9.35. The number of nitrogens with zero attached hydrogens (tertiary/aromatic N) is 6. The molecule has 0 aliphatic heterocycles. The molecule has 0 N–H and O–H groups in total. The molecule has 0 atom stereocenters. The zero-order chi connectivity index (χ0) is 18.2. The molecule has 0 amide bonds. The Bertz CT molecular complexity index is 1240. The van der Waals surface area contributed by atoms with Crippen LogP contribution in [0.25, 0.3) is 22.4 Å². The summed E-state index contributed by atoms with van der Waals surface area (Å²) < 4.78 is 3.62. The van der Waals surface area contributed by atoms with Gasteiger partial charge in [0.1, 0.15) is 6.33 Å². The summed E-state index contributed by atoms with van der Waals surface area (Å²) >= 11 is 0. The van der Waals surface area contributed by atoms with Gasteiger partial charge in [0, 0.05) is 6.42 Å². The van der Waals surface area contributed by atoms with Crippen molar-refractivity contribution in [3.8, 4) is 5.69 Å². The van der Waals surface area contributed by atoms with Gasteiger partial charge in [-0.25, -0.2) is 19.2 Å². The van der Waals surface area contributed by atoms with Gasteiger partial charge in [0.2, 0.25) is 0 Å². The van der Waals surface area contributed by atoms with E-state index >= 15 is 0 Å². The number of aromatic nitrogens is 6. The molecule has 6 nitrogen and oxygen atoms in total. The molecule has 6 heteroatoms. The minimum absolute atomic E-state index is 0.691. The maximum Gasteiger partial charge on any atom is 0.170 e. The molecule has 0 fully saturated rings. The van der Waals surface area contributed by atoms with Crippen molar-refractivity contribution < 1.29 is 0 Å². The number of rotatable bonds is 4. The minimum atomic E-state index is 0.691. The van der Waals surface area contributed by atoms with E-state index in [1.54, 1.807) is 10.8 Å². The average molecular weight is 354 g/mol. The smallest absolute Gasteiger partial charge is 0.170 e. The molecule has 3 heterocycles. The van der Waals surface area contributed by atoms with Gasteiger partial charge in [-0.1, -0.05) is 55.5 Å². The van der Waals surface area contributed by atoms with Crippen molar-refractivity contribution in [2.24, 2.45) is 0 Å². The Labute approximate surface area is 156 Å². The molecule has 27 heavy (non-hydrogen) atoms. The van der Waals surface area contributed by atoms with Crippen molar-refractivity contribution in [1.29, 1.82) is 0 Å². The zero-order valence-corrected chi connectivity index (χ0v) is 14.9. The van der Waals surface area contributed by atoms with Gasteiger partial charge in [-0.3, -0.25) is 0 Å². The van der Waals surface area contributed by atoms with E-state index < -0.39 is 0 Å². The number of hydrogen-bond acceptors (Lipinski definition) is 4. The molecule has 0 spiro atoms. The first-order valence-electron chi connectivity index (χ1n) is 9.03. The molecule has 0 bridgehead atoms. The summed E-state index contributed by atoms with van der Waals surface area (Å²) in [5.74, 6) is 0.775. The highest BCUT2D eigenvalue weighted by atomic mass is 15.3. The van der Waals surface area contributed by atoms with Crippen LogP contribution >= 0.6 is 0 Å². The van der Waals surface area contributed by atoms with Crippen LogP contribution in [0.15, 0.2) is 67.1 Å². The van der Waals surface area contributed by atoms with Crippen LogP contribution in [0.5, 0.6) is 0 Å². The van der Waals surface area contributed by atoms with Crippen LogP contribution < -0.4 is 0 Å². The molecular weight excluding hydrogens is 336 g/mol. The average Bonchev–Trinajstić information content (AvgIpc) is 3.32. The molecule has 0 saturated heterocycles. The van der Waals surface area contributed by atoms with Crippen LogP contribution in [0.2, 0.25) is 0 Å². The van der Waals surface area contributed by atoms with Gasteiger partial charge in [0.25, 0.3) is 0 Å². The van der Waals surface area contributed by atoms with E-state index in [1.165, 1.54) is 11.1 Å². The number of aryl methyl sites for hydroxylation is 1. The molecule has 0 radical (unpaired) electrons. The van der Waals surface area contributed by atoms with Gasteiger partial charge < -0.3 is 0 Å². The summed E-state index contributed by atoms with van der Waals surface area (Å²) in [5, 5.41) is 10.1. The molecule has 0 saturated carbocycles. The van der Waals surface area contributed by atoms with Gasteiger partial charge in [0.15, 0.2) is 17.1 Å². The quantitative estimate of drug-likeness (QED) is 0.495. The fourth-order valence-corrected chi connectivity index (χ4v) is 3.41. The van der Waals surface area contributed by atoms with Crippen molar-refractivity contribution >= 4 is 16.7 Å². The predicted molar refractivity (Wildman–Crippen MR) is 104 cm³/mol.